The van der Waals surface area contributed by atoms with Crippen molar-refractivity contribution in [3.8, 4) is 0 Å². The van der Waals surface area contributed by atoms with Gasteiger partial charge in [0, 0.05) is 30.9 Å². The molecule has 0 aliphatic rings. The molecule has 1 amide bonds. The van der Waals surface area contributed by atoms with Gasteiger partial charge in [-0.3, -0.25) is 4.79 Å². The van der Waals surface area contributed by atoms with Crippen LogP contribution in [0, 0.1) is 0 Å². The van der Waals surface area contributed by atoms with E-state index < -0.39 is 0 Å². The molecule has 0 saturated heterocycles. The molecule has 2 heterocycles. The lowest BCUT2D eigenvalue weighted by Gasteiger charge is -2.10. The van der Waals surface area contributed by atoms with Gasteiger partial charge in [-0.15, -0.1) is 0 Å². The number of benzene rings is 2. The Morgan fingerprint density at radius 3 is 2.56 bits per heavy atom. The van der Waals surface area contributed by atoms with E-state index in [-0.39, 0.29) is 5.91 Å². The maximum atomic E-state index is 12.7. The predicted octanol–water partition coefficient (Wildman–Crippen LogP) is 3.90. The van der Waals surface area contributed by atoms with Crippen molar-refractivity contribution in [2.45, 2.75) is 12.8 Å². The van der Waals surface area contributed by atoms with Crippen molar-refractivity contribution in [1.29, 1.82) is 0 Å². The third kappa shape index (κ3) is 4.06. The summed E-state index contributed by atoms with van der Waals surface area (Å²) in [4.78, 5) is 17.2. The Morgan fingerprint density at radius 1 is 0.926 bits per heavy atom. The molecule has 0 unspecified atom stereocenters. The fourth-order valence-corrected chi connectivity index (χ4v) is 3.22. The summed E-state index contributed by atoms with van der Waals surface area (Å²) in [5, 5.41) is 3.03. The van der Waals surface area contributed by atoms with Crippen LogP contribution in [0.5, 0.6) is 0 Å². The van der Waals surface area contributed by atoms with Crippen molar-refractivity contribution in [1.82, 2.24) is 14.7 Å². The molecule has 4 rings (SSSR count). The van der Waals surface area contributed by atoms with E-state index in [1.165, 1.54) is 5.56 Å². The monoisotopic (exact) mass is 355 g/mol. The van der Waals surface area contributed by atoms with Gasteiger partial charge in [-0.25, -0.2) is 4.98 Å². The van der Waals surface area contributed by atoms with E-state index >= 15 is 0 Å². The van der Waals surface area contributed by atoms with Crippen molar-refractivity contribution >= 4 is 11.6 Å². The number of pyridine rings is 1. The molecule has 0 aliphatic heterocycles. The molecule has 0 atom stereocenters. The van der Waals surface area contributed by atoms with E-state index in [1.54, 1.807) is 0 Å². The van der Waals surface area contributed by atoms with Gasteiger partial charge in [0.2, 0.25) is 0 Å². The van der Waals surface area contributed by atoms with Gasteiger partial charge in [0.1, 0.15) is 5.65 Å². The number of hydrogen-bond acceptors (Lipinski definition) is 2. The molecule has 0 fully saturated rings. The molecule has 0 spiro atoms. The van der Waals surface area contributed by atoms with Gasteiger partial charge in [0.25, 0.3) is 5.91 Å². The van der Waals surface area contributed by atoms with E-state index in [4.69, 9.17) is 0 Å². The minimum Gasteiger partial charge on any atom is -0.352 e. The Kier molecular flexibility index (Phi) is 4.97. The van der Waals surface area contributed by atoms with E-state index in [0.717, 1.165) is 28.9 Å². The summed E-state index contributed by atoms with van der Waals surface area (Å²) in [5.74, 6) is -0.0368. The number of nitrogens with zero attached hydrogens (tertiary/aromatic N) is 2. The van der Waals surface area contributed by atoms with Gasteiger partial charge in [-0.1, -0.05) is 54.6 Å². The van der Waals surface area contributed by atoms with E-state index in [1.807, 2.05) is 77.5 Å². The predicted molar refractivity (Wildman–Crippen MR) is 107 cm³/mol. The zero-order chi connectivity index (χ0) is 18.5. The summed E-state index contributed by atoms with van der Waals surface area (Å²) in [6, 6.07) is 23.9. The number of nitrogens with one attached hydrogen (secondary N) is 1. The summed E-state index contributed by atoms with van der Waals surface area (Å²) >= 11 is 0. The normalized spacial score (nSPS) is 10.8. The Labute approximate surface area is 158 Å². The fourth-order valence-electron chi connectivity index (χ4n) is 3.22. The summed E-state index contributed by atoms with van der Waals surface area (Å²) in [6.07, 6.45) is 5.43. The van der Waals surface area contributed by atoms with Crippen LogP contribution in [0.25, 0.3) is 5.65 Å². The highest BCUT2D eigenvalue weighted by Gasteiger charge is 2.11. The largest absolute Gasteiger partial charge is 0.352 e. The van der Waals surface area contributed by atoms with Gasteiger partial charge in [0.05, 0.1) is 5.69 Å². The molecule has 4 nitrogen and oxygen atoms in total. The number of aromatic nitrogens is 2. The van der Waals surface area contributed by atoms with Crippen molar-refractivity contribution in [2.75, 3.05) is 6.54 Å². The molecular formula is C23H21N3O. The zero-order valence-electron chi connectivity index (χ0n) is 15.0. The van der Waals surface area contributed by atoms with E-state index in [0.29, 0.717) is 13.0 Å². The van der Waals surface area contributed by atoms with Gasteiger partial charge in [-0.2, -0.15) is 0 Å². The first kappa shape index (κ1) is 17.0. The molecule has 4 aromatic rings. The maximum Gasteiger partial charge on any atom is 0.251 e. The average Bonchev–Trinajstić information content (AvgIpc) is 3.12. The first-order chi connectivity index (χ1) is 13.3. The SMILES string of the molecule is O=C(NCCc1cn2ccccc2n1)c1ccccc1Cc1ccccc1. The highest BCUT2D eigenvalue weighted by molar-refractivity contribution is 5.95. The summed E-state index contributed by atoms with van der Waals surface area (Å²) in [7, 11) is 0. The van der Waals surface area contributed by atoms with Gasteiger partial charge in [-0.05, 0) is 35.7 Å². The third-order valence-electron chi connectivity index (χ3n) is 4.58. The molecular weight excluding hydrogens is 334 g/mol. The van der Waals surface area contributed by atoms with Crippen molar-refractivity contribution < 1.29 is 4.79 Å². The van der Waals surface area contributed by atoms with E-state index in [2.05, 4.69) is 22.4 Å². The Bertz CT molecular complexity index is 1020. The quantitative estimate of drug-likeness (QED) is 0.570. The highest BCUT2D eigenvalue weighted by atomic mass is 16.1. The Morgan fingerprint density at radius 2 is 1.70 bits per heavy atom. The minimum absolute atomic E-state index is 0.0368. The van der Waals surface area contributed by atoms with Crippen molar-refractivity contribution in [2.24, 2.45) is 0 Å². The van der Waals surface area contributed by atoms with Crippen LogP contribution in [0.15, 0.2) is 85.2 Å². The lowest BCUT2D eigenvalue weighted by atomic mass is 9.99. The number of imidazole rings is 1. The van der Waals surface area contributed by atoms with E-state index in [9.17, 15) is 4.79 Å². The van der Waals surface area contributed by atoms with Crippen LogP contribution in [0.4, 0.5) is 0 Å². The lowest BCUT2D eigenvalue weighted by Crippen LogP contribution is -2.26. The number of fused-ring (bicyclic) bond motifs is 1. The van der Waals surface area contributed by atoms with Crippen LogP contribution in [0.2, 0.25) is 0 Å². The molecule has 1 N–H and O–H groups in total. The number of carbonyl (C=O) groups is 1. The first-order valence-electron chi connectivity index (χ1n) is 9.12. The van der Waals surface area contributed by atoms with Crippen LogP contribution < -0.4 is 5.32 Å². The highest BCUT2D eigenvalue weighted by Crippen LogP contribution is 2.14. The van der Waals surface area contributed by atoms with Crippen molar-refractivity contribution in [3.05, 3.63) is 108 Å². The molecule has 0 aliphatic carbocycles. The smallest absolute Gasteiger partial charge is 0.251 e. The maximum absolute atomic E-state index is 12.7. The van der Waals surface area contributed by atoms with Crippen LogP contribution in [-0.2, 0) is 12.8 Å². The molecule has 0 bridgehead atoms. The van der Waals surface area contributed by atoms with Crippen LogP contribution >= 0.6 is 0 Å². The lowest BCUT2D eigenvalue weighted by molar-refractivity contribution is 0.0953. The van der Waals surface area contributed by atoms with Crippen LogP contribution in [0.1, 0.15) is 27.2 Å². The summed E-state index contributed by atoms with van der Waals surface area (Å²) < 4.78 is 1.99. The second-order valence-corrected chi connectivity index (χ2v) is 6.52. The standard InChI is InChI=1S/C23H21N3O/c27-23(24-14-13-20-17-26-15-7-6-12-22(26)25-20)21-11-5-4-10-19(21)16-18-8-2-1-3-9-18/h1-12,15,17H,13-14,16H2,(H,24,27). The summed E-state index contributed by atoms with van der Waals surface area (Å²) in [5.41, 5.74) is 4.86. The van der Waals surface area contributed by atoms with Gasteiger partial charge < -0.3 is 9.72 Å². The third-order valence-corrected chi connectivity index (χ3v) is 4.58. The molecule has 0 saturated carbocycles. The second-order valence-electron chi connectivity index (χ2n) is 6.52. The van der Waals surface area contributed by atoms with Crippen molar-refractivity contribution in [3.63, 3.8) is 0 Å². The van der Waals surface area contributed by atoms with Gasteiger partial charge in [0.15, 0.2) is 0 Å². The number of carbonyl (C=O) groups excluding carboxylic acids is 1. The Hall–Kier alpha value is -3.40. The first-order valence-corrected chi connectivity index (χ1v) is 9.12. The molecule has 27 heavy (non-hydrogen) atoms. The fraction of sp³-hybridized carbons (Fsp3) is 0.130. The topological polar surface area (TPSA) is 46.4 Å². The zero-order valence-corrected chi connectivity index (χ0v) is 15.0. The molecule has 2 aromatic heterocycles. The molecule has 0 radical (unpaired) electrons. The number of hydrogen-bond donors (Lipinski definition) is 1. The van der Waals surface area contributed by atoms with Crippen LogP contribution in [-0.4, -0.2) is 21.8 Å². The Balaban J connectivity index is 1.41. The average molecular weight is 355 g/mol. The molecule has 4 heteroatoms. The summed E-state index contributed by atoms with van der Waals surface area (Å²) in [6.45, 7) is 0.558. The molecule has 2 aromatic carbocycles. The molecule has 134 valence electrons. The van der Waals surface area contributed by atoms with Gasteiger partial charge >= 0.3 is 0 Å². The number of amides is 1. The number of rotatable bonds is 6. The van der Waals surface area contributed by atoms with Crippen LogP contribution in [0.3, 0.4) is 0 Å². The second kappa shape index (κ2) is 7.87. The minimum atomic E-state index is -0.0368.